The first-order chi connectivity index (χ1) is 15.7. The molecule has 0 aliphatic heterocycles. The van der Waals surface area contributed by atoms with E-state index in [0.717, 1.165) is 25.7 Å². The molecule has 32 heavy (non-hydrogen) atoms. The molecular formula is C30H36O2. The van der Waals surface area contributed by atoms with Crippen LogP contribution in [0.25, 0.3) is 0 Å². The van der Waals surface area contributed by atoms with Gasteiger partial charge in [-0.1, -0.05) is 136 Å². The summed E-state index contributed by atoms with van der Waals surface area (Å²) in [5, 5.41) is 8.73. The molecule has 0 radical (unpaired) electrons. The molecule has 0 unspecified atom stereocenters. The average Bonchev–Trinajstić information content (AvgIpc) is 2.84. The molecule has 0 spiro atoms. The zero-order valence-corrected chi connectivity index (χ0v) is 19.1. The lowest BCUT2D eigenvalue weighted by Gasteiger charge is -2.36. The third kappa shape index (κ3) is 6.56. The van der Waals surface area contributed by atoms with E-state index in [-0.39, 0.29) is 5.41 Å². The van der Waals surface area contributed by atoms with Gasteiger partial charge in [-0.25, -0.2) is 0 Å². The van der Waals surface area contributed by atoms with Gasteiger partial charge in [0, 0.05) is 11.8 Å². The van der Waals surface area contributed by atoms with Gasteiger partial charge in [0.25, 0.3) is 0 Å². The van der Waals surface area contributed by atoms with Crippen molar-refractivity contribution in [3.63, 3.8) is 0 Å². The highest BCUT2D eigenvalue weighted by Crippen LogP contribution is 2.43. The van der Waals surface area contributed by atoms with Crippen molar-refractivity contribution in [3.05, 3.63) is 108 Å². The molecule has 2 heteroatoms. The Hall–Kier alpha value is -2.87. The second kappa shape index (κ2) is 12.9. The number of carbonyl (C=O) groups is 1. The van der Waals surface area contributed by atoms with Crippen molar-refractivity contribution < 1.29 is 9.90 Å². The third-order valence-electron chi connectivity index (χ3n) is 6.49. The fraction of sp³-hybridized carbons (Fsp3) is 0.367. The van der Waals surface area contributed by atoms with E-state index in [1.165, 1.54) is 48.8 Å². The molecular weight excluding hydrogens is 392 g/mol. The van der Waals surface area contributed by atoms with Crippen molar-refractivity contribution >= 4 is 5.97 Å². The minimum atomic E-state index is -0.677. The van der Waals surface area contributed by atoms with E-state index in [4.69, 9.17) is 5.11 Å². The average molecular weight is 429 g/mol. The number of carboxylic acids is 1. The van der Waals surface area contributed by atoms with Crippen molar-refractivity contribution in [2.75, 3.05) is 0 Å². The maximum atomic E-state index is 10.6. The lowest BCUT2D eigenvalue weighted by atomic mass is 9.66. The van der Waals surface area contributed by atoms with E-state index in [1.807, 2.05) is 0 Å². The Bertz CT molecular complexity index is 807. The highest BCUT2D eigenvalue weighted by molar-refractivity contribution is 5.66. The summed E-state index contributed by atoms with van der Waals surface area (Å²) >= 11 is 0. The molecule has 168 valence electrons. The number of unbranched alkanes of at least 4 members (excludes halogenated alkanes) is 7. The van der Waals surface area contributed by atoms with Gasteiger partial charge in [0.2, 0.25) is 0 Å². The molecule has 0 aliphatic carbocycles. The van der Waals surface area contributed by atoms with Crippen LogP contribution in [0.15, 0.2) is 91.0 Å². The highest BCUT2D eigenvalue weighted by Gasteiger charge is 2.35. The summed E-state index contributed by atoms with van der Waals surface area (Å²) in [6, 6.07) is 32.9. The van der Waals surface area contributed by atoms with Gasteiger partial charge in [-0.15, -0.1) is 0 Å². The van der Waals surface area contributed by atoms with Gasteiger partial charge >= 0.3 is 5.97 Å². The molecule has 0 bridgehead atoms. The van der Waals surface area contributed by atoms with E-state index >= 15 is 0 Å². The zero-order chi connectivity index (χ0) is 22.5. The molecule has 0 saturated carbocycles. The molecule has 3 rings (SSSR count). The molecule has 0 aromatic heterocycles. The van der Waals surface area contributed by atoms with Crippen molar-refractivity contribution in [1.29, 1.82) is 0 Å². The lowest BCUT2D eigenvalue weighted by molar-refractivity contribution is -0.137. The maximum absolute atomic E-state index is 10.6. The maximum Gasteiger partial charge on any atom is 0.303 e. The Morgan fingerprint density at radius 1 is 0.531 bits per heavy atom. The van der Waals surface area contributed by atoms with Gasteiger partial charge in [-0.05, 0) is 29.5 Å². The fourth-order valence-electron chi connectivity index (χ4n) is 4.83. The summed E-state index contributed by atoms with van der Waals surface area (Å²) in [6.07, 6.45) is 10.5. The summed E-state index contributed by atoms with van der Waals surface area (Å²) in [6.45, 7) is 0. The van der Waals surface area contributed by atoms with E-state index in [0.29, 0.717) is 6.42 Å². The lowest BCUT2D eigenvalue weighted by Crippen LogP contribution is -2.29. The van der Waals surface area contributed by atoms with Gasteiger partial charge in [0.15, 0.2) is 0 Å². The quantitative estimate of drug-likeness (QED) is 0.208. The van der Waals surface area contributed by atoms with Crippen molar-refractivity contribution in [2.45, 2.75) is 69.6 Å². The first-order valence-electron chi connectivity index (χ1n) is 12.1. The zero-order valence-electron chi connectivity index (χ0n) is 19.1. The molecule has 0 amide bonds. The molecule has 3 aromatic rings. The predicted octanol–water partition coefficient (Wildman–Crippen LogP) is 8.01. The monoisotopic (exact) mass is 428 g/mol. The Balaban J connectivity index is 1.66. The summed E-state index contributed by atoms with van der Waals surface area (Å²) in [7, 11) is 0. The fourth-order valence-corrected chi connectivity index (χ4v) is 4.83. The van der Waals surface area contributed by atoms with Gasteiger partial charge in [-0.2, -0.15) is 0 Å². The summed E-state index contributed by atoms with van der Waals surface area (Å²) < 4.78 is 0. The van der Waals surface area contributed by atoms with Gasteiger partial charge in [0.1, 0.15) is 0 Å². The first kappa shape index (κ1) is 23.8. The van der Waals surface area contributed by atoms with E-state index in [2.05, 4.69) is 91.0 Å². The second-order valence-corrected chi connectivity index (χ2v) is 8.73. The minimum absolute atomic E-state index is 0.138. The van der Waals surface area contributed by atoms with Crippen molar-refractivity contribution in [3.8, 4) is 0 Å². The van der Waals surface area contributed by atoms with Gasteiger partial charge in [0.05, 0.1) is 0 Å². The summed E-state index contributed by atoms with van der Waals surface area (Å²) in [5.74, 6) is -0.677. The topological polar surface area (TPSA) is 37.3 Å². The van der Waals surface area contributed by atoms with Crippen LogP contribution in [-0.4, -0.2) is 11.1 Å². The number of aliphatic carboxylic acids is 1. The number of benzene rings is 3. The SMILES string of the molecule is O=C(O)CCCCCCCCCCC(c1ccccc1)(c1ccccc1)c1ccccc1. The van der Waals surface area contributed by atoms with Gasteiger partial charge in [-0.3, -0.25) is 4.79 Å². The van der Waals surface area contributed by atoms with Crippen LogP contribution in [0, 0.1) is 0 Å². The van der Waals surface area contributed by atoms with Crippen LogP contribution in [0.4, 0.5) is 0 Å². The van der Waals surface area contributed by atoms with Crippen LogP contribution in [0.5, 0.6) is 0 Å². The van der Waals surface area contributed by atoms with E-state index in [9.17, 15) is 4.79 Å². The first-order valence-corrected chi connectivity index (χ1v) is 12.1. The predicted molar refractivity (Wildman–Crippen MR) is 133 cm³/mol. The molecule has 0 heterocycles. The van der Waals surface area contributed by atoms with Crippen LogP contribution in [0.3, 0.4) is 0 Å². The van der Waals surface area contributed by atoms with Crippen LogP contribution in [0.1, 0.15) is 80.9 Å². The van der Waals surface area contributed by atoms with Crippen LogP contribution >= 0.6 is 0 Å². The molecule has 0 atom stereocenters. The Morgan fingerprint density at radius 2 is 0.875 bits per heavy atom. The van der Waals surface area contributed by atoms with Crippen molar-refractivity contribution in [2.24, 2.45) is 0 Å². The molecule has 0 fully saturated rings. The van der Waals surface area contributed by atoms with Crippen LogP contribution in [0.2, 0.25) is 0 Å². The van der Waals surface area contributed by atoms with Crippen LogP contribution < -0.4 is 0 Å². The smallest absolute Gasteiger partial charge is 0.303 e. The number of rotatable bonds is 14. The number of hydrogen-bond acceptors (Lipinski definition) is 1. The number of hydrogen-bond donors (Lipinski definition) is 1. The number of carboxylic acid groups (broad SMARTS) is 1. The molecule has 0 aliphatic rings. The highest BCUT2D eigenvalue weighted by atomic mass is 16.4. The third-order valence-corrected chi connectivity index (χ3v) is 6.49. The van der Waals surface area contributed by atoms with Crippen molar-refractivity contribution in [1.82, 2.24) is 0 Å². The Kier molecular flexibility index (Phi) is 9.56. The standard InChI is InChI=1S/C30H36O2/c31-29(32)24-16-5-3-1-2-4-6-17-25-30(26-18-10-7-11-19-26,27-20-12-8-13-21-27)28-22-14-9-15-23-28/h7-15,18-23H,1-6,16-17,24-25H2,(H,31,32). The Labute approximate surface area is 193 Å². The van der Waals surface area contributed by atoms with Crippen LogP contribution in [-0.2, 0) is 10.2 Å². The molecule has 3 aromatic carbocycles. The largest absolute Gasteiger partial charge is 0.481 e. The van der Waals surface area contributed by atoms with E-state index < -0.39 is 5.97 Å². The minimum Gasteiger partial charge on any atom is -0.481 e. The molecule has 2 nitrogen and oxygen atoms in total. The molecule has 1 N–H and O–H groups in total. The van der Waals surface area contributed by atoms with E-state index in [1.54, 1.807) is 0 Å². The summed E-state index contributed by atoms with van der Waals surface area (Å²) in [5.41, 5.74) is 3.93. The normalized spacial score (nSPS) is 11.4. The van der Waals surface area contributed by atoms with Gasteiger partial charge < -0.3 is 5.11 Å². The molecule has 0 saturated heterocycles. The second-order valence-electron chi connectivity index (χ2n) is 8.73. The summed E-state index contributed by atoms with van der Waals surface area (Å²) in [4.78, 5) is 10.6. The Morgan fingerprint density at radius 3 is 1.25 bits per heavy atom.